The third-order valence-corrected chi connectivity index (χ3v) is 3.18. The van der Waals surface area contributed by atoms with Crippen LogP contribution in [-0.4, -0.2) is 11.7 Å². The summed E-state index contributed by atoms with van der Waals surface area (Å²) in [6, 6.07) is 8.18. The summed E-state index contributed by atoms with van der Waals surface area (Å²) in [5.74, 6) is 0.505. The lowest BCUT2D eigenvalue weighted by Gasteiger charge is -2.10. The fourth-order valence-electron chi connectivity index (χ4n) is 1.67. The van der Waals surface area contributed by atoms with Gasteiger partial charge in [0.15, 0.2) is 5.11 Å². The van der Waals surface area contributed by atoms with Gasteiger partial charge in [0.1, 0.15) is 11.6 Å². The monoisotopic (exact) mass is 312 g/mol. The molecule has 0 aliphatic rings. The molecule has 0 aliphatic carbocycles. The van der Waals surface area contributed by atoms with E-state index in [9.17, 15) is 4.39 Å². The van der Waals surface area contributed by atoms with Crippen LogP contribution in [0.15, 0.2) is 41.0 Å². The quantitative estimate of drug-likeness (QED) is 0.646. The molecule has 1 aromatic heterocycles. The van der Waals surface area contributed by atoms with Gasteiger partial charge in [-0.3, -0.25) is 0 Å². The molecule has 0 aliphatic heterocycles. The molecule has 0 saturated carbocycles. The Morgan fingerprint density at radius 2 is 2.20 bits per heavy atom. The number of aryl methyl sites for hydroxylation is 1. The maximum Gasteiger partial charge on any atom is 0.170 e. The highest BCUT2D eigenvalue weighted by atomic mass is 35.5. The van der Waals surface area contributed by atoms with Crippen molar-refractivity contribution >= 4 is 34.6 Å². The van der Waals surface area contributed by atoms with Crippen molar-refractivity contribution in [1.29, 1.82) is 0 Å². The zero-order valence-corrected chi connectivity index (χ0v) is 12.2. The van der Waals surface area contributed by atoms with E-state index in [4.69, 9.17) is 28.2 Å². The maximum absolute atomic E-state index is 13.0. The first-order valence-corrected chi connectivity index (χ1v) is 6.96. The van der Waals surface area contributed by atoms with Crippen LogP contribution >= 0.6 is 23.8 Å². The molecular weight excluding hydrogens is 299 g/mol. The number of halogens is 2. The summed E-state index contributed by atoms with van der Waals surface area (Å²) in [5, 5.41) is 6.56. The summed E-state index contributed by atoms with van der Waals surface area (Å²) in [5.41, 5.74) is 0.653. The van der Waals surface area contributed by atoms with E-state index in [1.807, 2.05) is 12.1 Å². The number of nitrogens with one attached hydrogen (secondary N) is 2. The van der Waals surface area contributed by atoms with Crippen molar-refractivity contribution in [2.24, 2.45) is 0 Å². The molecule has 0 spiro atoms. The molecule has 2 N–H and O–H groups in total. The van der Waals surface area contributed by atoms with E-state index in [0.717, 1.165) is 25.1 Å². The topological polar surface area (TPSA) is 37.2 Å². The lowest BCUT2D eigenvalue weighted by Crippen LogP contribution is -2.29. The third-order valence-electron chi connectivity index (χ3n) is 2.64. The zero-order chi connectivity index (χ0) is 14.4. The molecular formula is C14H14ClFN2OS. The molecule has 2 aromatic rings. The van der Waals surface area contributed by atoms with E-state index >= 15 is 0 Å². The van der Waals surface area contributed by atoms with Gasteiger partial charge in [0, 0.05) is 18.7 Å². The molecule has 0 saturated heterocycles. The van der Waals surface area contributed by atoms with Gasteiger partial charge in [-0.1, -0.05) is 11.6 Å². The van der Waals surface area contributed by atoms with Crippen molar-refractivity contribution < 1.29 is 8.81 Å². The van der Waals surface area contributed by atoms with Gasteiger partial charge in [0.2, 0.25) is 0 Å². The molecule has 106 valence electrons. The molecule has 0 amide bonds. The van der Waals surface area contributed by atoms with Crippen LogP contribution in [0, 0.1) is 5.82 Å². The lowest BCUT2D eigenvalue weighted by molar-refractivity contribution is 0.501. The summed E-state index contributed by atoms with van der Waals surface area (Å²) in [4.78, 5) is 0. The second kappa shape index (κ2) is 7.26. The van der Waals surface area contributed by atoms with Crippen molar-refractivity contribution in [1.82, 2.24) is 5.32 Å². The van der Waals surface area contributed by atoms with Gasteiger partial charge in [-0.05, 0) is 49.0 Å². The Morgan fingerprint density at radius 1 is 1.35 bits per heavy atom. The van der Waals surface area contributed by atoms with E-state index in [1.165, 1.54) is 12.1 Å². The summed E-state index contributed by atoms with van der Waals surface area (Å²) in [6.45, 7) is 0.724. The van der Waals surface area contributed by atoms with E-state index in [0.29, 0.717) is 10.8 Å². The van der Waals surface area contributed by atoms with Crippen LogP contribution in [0.2, 0.25) is 5.02 Å². The van der Waals surface area contributed by atoms with Crippen LogP contribution in [0.1, 0.15) is 12.2 Å². The number of rotatable bonds is 5. The predicted molar refractivity (Wildman–Crippen MR) is 82.7 cm³/mol. The SMILES string of the molecule is Fc1ccc(NC(=S)NCCCc2ccco2)cc1Cl. The molecule has 6 heteroatoms. The Kier molecular flexibility index (Phi) is 5.38. The molecule has 20 heavy (non-hydrogen) atoms. The Labute approximate surface area is 127 Å². The van der Waals surface area contributed by atoms with Gasteiger partial charge >= 0.3 is 0 Å². The van der Waals surface area contributed by atoms with Crippen LogP contribution in [0.5, 0.6) is 0 Å². The minimum absolute atomic E-state index is 0.0654. The van der Waals surface area contributed by atoms with Crippen LogP contribution in [0.4, 0.5) is 10.1 Å². The first-order chi connectivity index (χ1) is 9.65. The number of hydrogen-bond acceptors (Lipinski definition) is 2. The van der Waals surface area contributed by atoms with E-state index < -0.39 is 5.82 Å². The minimum Gasteiger partial charge on any atom is -0.469 e. The molecule has 1 aromatic carbocycles. The molecule has 2 rings (SSSR count). The number of benzene rings is 1. The zero-order valence-electron chi connectivity index (χ0n) is 10.7. The van der Waals surface area contributed by atoms with Gasteiger partial charge in [-0.15, -0.1) is 0 Å². The van der Waals surface area contributed by atoms with Gasteiger partial charge in [-0.25, -0.2) is 4.39 Å². The van der Waals surface area contributed by atoms with Crippen LogP contribution in [-0.2, 0) is 6.42 Å². The second-order valence-corrected chi connectivity index (χ2v) is 5.01. The number of thiocarbonyl (C=S) groups is 1. The highest BCUT2D eigenvalue weighted by Gasteiger charge is 2.02. The van der Waals surface area contributed by atoms with E-state index in [-0.39, 0.29) is 5.02 Å². The maximum atomic E-state index is 13.0. The first-order valence-electron chi connectivity index (χ1n) is 6.17. The summed E-state index contributed by atoms with van der Waals surface area (Å²) >= 11 is 10.8. The summed E-state index contributed by atoms with van der Waals surface area (Å²) in [6.07, 6.45) is 3.41. The highest BCUT2D eigenvalue weighted by Crippen LogP contribution is 2.19. The predicted octanol–water partition coefficient (Wildman–Crippen LogP) is 3.99. The lowest BCUT2D eigenvalue weighted by atomic mass is 10.2. The molecule has 0 unspecified atom stereocenters. The van der Waals surface area contributed by atoms with Gasteiger partial charge in [0.05, 0.1) is 11.3 Å². The molecule has 0 fully saturated rings. The minimum atomic E-state index is -0.449. The van der Waals surface area contributed by atoms with Gasteiger partial charge in [-0.2, -0.15) is 0 Å². The smallest absolute Gasteiger partial charge is 0.170 e. The van der Waals surface area contributed by atoms with Crippen molar-refractivity contribution in [2.75, 3.05) is 11.9 Å². The van der Waals surface area contributed by atoms with Gasteiger partial charge in [0.25, 0.3) is 0 Å². The number of anilines is 1. The Morgan fingerprint density at radius 3 is 2.90 bits per heavy atom. The largest absolute Gasteiger partial charge is 0.469 e. The summed E-state index contributed by atoms with van der Waals surface area (Å²) < 4.78 is 18.2. The normalized spacial score (nSPS) is 10.3. The second-order valence-electron chi connectivity index (χ2n) is 4.19. The fourth-order valence-corrected chi connectivity index (χ4v) is 2.07. The van der Waals surface area contributed by atoms with Crippen LogP contribution in [0.25, 0.3) is 0 Å². The molecule has 0 atom stereocenters. The molecule has 0 bridgehead atoms. The Balaban J connectivity index is 1.71. The van der Waals surface area contributed by atoms with Crippen molar-refractivity contribution in [2.45, 2.75) is 12.8 Å². The van der Waals surface area contributed by atoms with Crippen molar-refractivity contribution in [3.8, 4) is 0 Å². The van der Waals surface area contributed by atoms with E-state index in [1.54, 1.807) is 12.3 Å². The Bertz CT molecular complexity index is 575. The standard InChI is InChI=1S/C14H14ClFN2OS/c15-12-9-10(5-6-13(12)16)18-14(20)17-7-1-3-11-4-2-8-19-11/h2,4-6,8-9H,1,3,7H2,(H2,17,18,20). The van der Waals surface area contributed by atoms with Crippen molar-refractivity contribution in [3.63, 3.8) is 0 Å². The molecule has 3 nitrogen and oxygen atoms in total. The molecule has 1 heterocycles. The Hall–Kier alpha value is -1.59. The average Bonchev–Trinajstić information content (AvgIpc) is 2.92. The highest BCUT2D eigenvalue weighted by molar-refractivity contribution is 7.80. The van der Waals surface area contributed by atoms with Crippen molar-refractivity contribution in [3.05, 3.63) is 53.2 Å². The van der Waals surface area contributed by atoms with Gasteiger partial charge < -0.3 is 15.1 Å². The average molecular weight is 313 g/mol. The number of hydrogen-bond donors (Lipinski definition) is 2. The fraction of sp³-hybridized carbons (Fsp3) is 0.214. The molecule has 0 radical (unpaired) electrons. The first kappa shape index (κ1) is 14.8. The number of furan rings is 1. The van der Waals surface area contributed by atoms with Crippen LogP contribution in [0.3, 0.4) is 0 Å². The third kappa shape index (κ3) is 4.51. The summed E-state index contributed by atoms with van der Waals surface area (Å²) in [7, 11) is 0. The van der Waals surface area contributed by atoms with Crippen LogP contribution < -0.4 is 10.6 Å². The van der Waals surface area contributed by atoms with E-state index in [2.05, 4.69) is 10.6 Å².